The molecule has 94 valence electrons. The molecule has 2 rings (SSSR count). The SMILES string of the molecule is NNc1ccccc1C(=O)NCCc1ncn[nH]1. The van der Waals surface area contributed by atoms with Gasteiger partial charge in [-0.05, 0) is 12.1 Å². The standard InChI is InChI=1S/C11H14N6O/c12-16-9-4-2-1-3-8(9)11(18)13-6-5-10-14-7-15-17-10/h1-4,7,16H,5-6,12H2,(H,13,18)(H,14,15,17). The summed E-state index contributed by atoms with van der Waals surface area (Å²) in [6.45, 7) is 0.479. The summed E-state index contributed by atoms with van der Waals surface area (Å²) < 4.78 is 0. The van der Waals surface area contributed by atoms with Crippen molar-refractivity contribution < 1.29 is 4.79 Å². The molecule has 5 N–H and O–H groups in total. The van der Waals surface area contributed by atoms with Gasteiger partial charge in [0.2, 0.25) is 0 Å². The van der Waals surface area contributed by atoms with Gasteiger partial charge in [-0.25, -0.2) is 4.98 Å². The number of aromatic nitrogens is 3. The Hall–Kier alpha value is -2.41. The Bertz CT molecular complexity index is 510. The van der Waals surface area contributed by atoms with Crippen molar-refractivity contribution in [1.29, 1.82) is 0 Å². The summed E-state index contributed by atoms with van der Waals surface area (Å²) in [4.78, 5) is 15.9. The quantitative estimate of drug-likeness (QED) is 0.441. The zero-order valence-electron chi connectivity index (χ0n) is 9.68. The van der Waals surface area contributed by atoms with Crippen LogP contribution in [0, 0.1) is 0 Å². The van der Waals surface area contributed by atoms with Crippen LogP contribution in [-0.4, -0.2) is 27.6 Å². The third kappa shape index (κ3) is 2.83. The largest absolute Gasteiger partial charge is 0.352 e. The number of nitrogens with one attached hydrogen (secondary N) is 3. The van der Waals surface area contributed by atoms with Crippen LogP contribution in [0.1, 0.15) is 16.2 Å². The van der Waals surface area contributed by atoms with E-state index in [1.807, 2.05) is 0 Å². The minimum atomic E-state index is -0.178. The normalized spacial score (nSPS) is 10.1. The number of hydrogen-bond acceptors (Lipinski definition) is 5. The molecule has 1 amide bonds. The molecule has 1 aromatic carbocycles. The van der Waals surface area contributed by atoms with Crippen molar-refractivity contribution >= 4 is 11.6 Å². The van der Waals surface area contributed by atoms with E-state index in [-0.39, 0.29) is 5.91 Å². The van der Waals surface area contributed by atoms with Crippen molar-refractivity contribution in [3.8, 4) is 0 Å². The number of rotatable bonds is 5. The molecule has 0 aliphatic heterocycles. The van der Waals surface area contributed by atoms with E-state index in [9.17, 15) is 4.79 Å². The highest BCUT2D eigenvalue weighted by Crippen LogP contribution is 2.12. The molecule has 0 spiro atoms. The number of benzene rings is 1. The van der Waals surface area contributed by atoms with Gasteiger partial charge in [0.1, 0.15) is 12.2 Å². The number of carbonyl (C=O) groups is 1. The van der Waals surface area contributed by atoms with Crippen LogP contribution in [0.3, 0.4) is 0 Å². The second-order valence-corrected chi connectivity index (χ2v) is 3.63. The summed E-state index contributed by atoms with van der Waals surface area (Å²) in [5.41, 5.74) is 3.60. The first-order valence-electron chi connectivity index (χ1n) is 5.49. The highest BCUT2D eigenvalue weighted by Gasteiger charge is 2.09. The lowest BCUT2D eigenvalue weighted by atomic mass is 10.1. The Morgan fingerprint density at radius 3 is 2.94 bits per heavy atom. The lowest BCUT2D eigenvalue weighted by Crippen LogP contribution is -2.27. The van der Waals surface area contributed by atoms with E-state index in [2.05, 4.69) is 25.9 Å². The van der Waals surface area contributed by atoms with Gasteiger partial charge in [-0.1, -0.05) is 12.1 Å². The highest BCUT2D eigenvalue weighted by atomic mass is 16.1. The van der Waals surface area contributed by atoms with Crippen molar-refractivity contribution in [2.75, 3.05) is 12.0 Å². The van der Waals surface area contributed by atoms with Crippen LogP contribution in [0.5, 0.6) is 0 Å². The number of carbonyl (C=O) groups excluding carboxylic acids is 1. The van der Waals surface area contributed by atoms with E-state index < -0.39 is 0 Å². The first-order valence-corrected chi connectivity index (χ1v) is 5.49. The minimum absolute atomic E-state index is 0.178. The van der Waals surface area contributed by atoms with Crippen molar-refractivity contribution in [3.63, 3.8) is 0 Å². The Morgan fingerprint density at radius 1 is 1.39 bits per heavy atom. The average molecular weight is 246 g/mol. The molecular weight excluding hydrogens is 232 g/mol. The maximum absolute atomic E-state index is 11.9. The molecule has 0 unspecified atom stereocenters. The number of anilines is 1. The van der Waals surface area contributed by atoms with Crippen LogP contribution in [0.15, 0.2) is 30.6 Å². The second-order valence-electron chi connectivity index (χ2n) is 3.63. The van der Waals surface area contributed by atoms with Crippen LogP contribution in [-0.2, 0) is 6.42 Å². The van der Waals surface area contributed by atoms with E-state index in [1.54, 1.807) is 24.3 Å². The van der Waals surface area contributed by atoms with Gasteiger partial charge in [0.15, 0.2) is 0 Å². The van der Waals surface area contributed by atoms with Crippen LogP contribution in [0.2, 0.25) is 0 Å². The molecule has 0 aliphatic rings. The van der Waals surface area contributed by atoms with Gasteiger partial charge in [-0.15, -0.1) is 0 Å². The lowest BCUT2D eigenvalue weighted by molar-refractivity contribution is 0.0955. The van der Waals surface area contributed by atoms with Gasteiger partial charge >= 0.3 is 0 Å². The summed E-state index contributed by atoms with van der Waals surface area (Å²) in [7, 11) is 0. The van der Waals surface area contributed by atoms with Crippen molar-refractivity contribution in [1.82, 2.24) is 20.5 Å². The zero-order valence-corrected chi connectivity index (χ0v) is 9.68. The number of amides is 1. The fraction of sp³-hybridized carbons (Fsp3) is 0.182. The number of H-pyrrole nitrogens is 1. The van der Waals surface area contributed by atoms with Gasteiger partial charge in [-0.3, -0.25) is 15.7 Å². The molecule has 0 fully saturated rings. The maximum atomic E-state index is 11.9. The summed E-state index contributed by atoms with van der Waals surface area (Å²) in [5.74, 6) is 5.90. The molecule has 0 saturated carbocycles. The smallest absolute Gasteiger partial charge is 0.253 e. The van der Waals surface area contributed by atoms with E-state index in [0.717, 1.165) is 5.82 Å². The molecule has 0 bridgehead atoms. The molecule has 2 aromatic rings. The van der Waals surface area contributed by atoms with Crippen LogP contribution < -0.4 is 16.6 Å². The summed E-state index contributed by atoms with van der Waals surface area (Å²) in [6.07, 6.45) is 2.04. The number of nitrogens with zero attached hydrogens (tertiary/aromatic N) is 2. The van der Waals surface area contributed by atoms with Gasteiger partial charge in [0.25, 0.3) is 5.91 Å². The fourth-order valence-corrected chi connectivity index (χ4v) is 1.55. The number of para-hydroxylation sites is 1. The molecule has 0 atom stereocenters. The number of nitrogens with two attached hydrogens (primary N) is 1. The highest BCUT2D eigenvalue weighted by molar-refractivity contribution is 5.99. The van der Waals surface area contributed by atoms with Crippen LogP contribution in [0.25, 0.3) is 0 Å². The molecule has 7 nitrogen and oxygen atoms in total. The Balaban J connectivity index is 1.91. The van der Waals surface area contributed by atoms with Gasteiger partial charge in [0.05, 0.1) is 11.3 Å². The van der Waals surface area contributed by atoms with Crippen molar-refractivity contribution in [2.24, 2.45) is 5.84 Å². The fourth-order valence-electron chi connectivity index (χ4n) is 1.55. The molecule has 0 saturated heterocycles. The molecule has 18 heavy (non-hydrogen) atoms. The van der Waals surface area contributed by atoms with Gasteiger partial charge < -0.3 is 10.7 Å². The van der Waals surface area contributed by atoms with E-state index in [1.165, 1.54) is 6.33 Å². The average Bonchev–Trinajstić information content (AvgIpc) is 2.91. The predicted molar refractivity (Wildman–Crippen MR) is 66.7 cm³/mol. The summed E-state index contributed by atoms with van der Waals surface area (Å²) in [6, 6.07) is 7.04. The molecule has 0 aliphatic carbocycles. The second kappa shape index (κ2) is 5.78. The third-order valence-corrected chi connectivity index (χ3v) is 2.44. The summed E-state index contributed by atoms with van der Waals surface area (Å²) >= 11 is 0. The molecule has 1 aromatic heterocycles. The Kier molecular flexibility index (Phi) is 3.87. The van der Waals surface area contributed by atoms with Crippen molar-refractivity contribution in [2.45, 2.75) is 6.42 Å². The first kappa shape index (κ1) is 12.1. The van der Waals surface area contributed by atoms with Crippen LogP contribution in [0.4, 0.5) is 5.69 Å². The topological polar surface area (TPSA) is 109 Å². The predicted octanol–water partition coefficient (Wildman–Crippen LogP) is 0.0628. The number of aromatic amines is 1. The monoisotopic (exact) mass is 246 g/mol. The maximum Gasteiger partial charge on any atom is 0.253 e. The number of hydrogen-bond donors (Lipinski definition) is 4. The van der Waals surface area contributed by atoms with E-state index in [0.29, 0.717) is 24.2 Å². The van der Waals surface area contributed by atoms with E-state index >= 15 is 0 Å². The van der Waals surface area contributed by atoms with Gasteiger partial charge in [0, 0.05) is 13.0 Å². The van der Waals surface area contributed by atoms with Crippen molar-refractivity contribution in [3.05, 3.63) is 42.0 Å². The molecular formula is C11H14N6O. The van der Waals surface area contributed by atoms with E-state index in [4.69, 9.17) is 5.84 Å². The number of nitrogen functional groups attached to an aromatic ring is 1. The molecule has 0 radical (unpaired) electrons. The Labute approximate surface area is 104 Å². The molecule has 1 heterocycles. The minimum Gasteiger partial charge on any atom is -0.352 e. The molecule has 7 heteroatoms. The Morgan fingerprint density at radius 2 is 2.22 bits per heavy atom. The third-order valence-electron chi connectivity index (χ3n) is 2.44. The van der Waals surface area contributed by atoms with Crippen LogP contribution >= 0.6 is 0 Å². The lowest BCUT2D eigenvalue weighted by Gasteiger charge is -2.08. The summed E-state index contributed by atoms with van der Waals surface area (Å²) in [5, 5.41) is 9.25. The number of hydrazine groups is 1. The first-order chi connectivity index (χ1) is 8.81. The van der Waals surface area contributed by atoms with Gasteiger partial charge in [-0.2, -0.15) is 5.10 Å². The zero-order chi connectivity index (χ0) is 12.8.